The van der Waals surface area contributed by atoms with E-state index < -0.39 is 0 Å². The third-order valence-electron chi connectivity index (χ3n) is 5.50. The number of fused-ring (bicyclic) bond motifs is 1. The Morgan fingerprint density at radius 2 is 1.89 bits per heavy atom. The van der Waals surface area contributed by atoms with Crippen molar-refractivity contribution < 1.29 is 14.3 Å². The van der Waals surface area contributed by atoms with Gasteiger partial charge in [-0.15, -0.1) is 0 Å². The lowest BCUT2D eigenvalue weighted by Crippen LogP contribution is -2.13. The van der Waals surface area contributed by atoms with Crippen molar-refractivity contribution in [3.63, 3.8) is 0 Å². The second kappa shape index (κ2) is 9.09. The van der Waals surface area contributed by atoms with Crippen LogP contribution in [0.5, 0.6) is 0 Å². The number of aliphatic hydroxyl groups is 1. The van der Waals surface area contributed by atoms with Crippen molar-refractivity contribution in [2.24, 2.45) is 5.92 Å². The molecule has 0 spiro atoms. The second-order valence-corrected chi connectivity index (χ2v) is 8.15. The van der Waals surface area contributed by atoms with Gasteiger partial charge in [0, 0.05) is 34.2 Å². The van der Waals surface area contributed by atoms with Gasteiger partial charge in [0.05, 0.1) is 31.5 Å². The molecule has 0 saturated heterocycles. The highest BCUT2D eigenvalue weighted by Gasteiger charge is 2.17. The molecule has 0 amide bonds. The number of nitrogens with zero attached hydrogens (tertiary/aromatic N) is 2. The third kappa shape index (κ3) is 4.25. The maximum absolute atomic E-state index is 9.78. The standard InChI is InChI=1S/C22H26N2O3S/c1-26-27-28-19-9-7-17(8-10-19)21-12-11-20-18(15-25)14-24(22(20)23-21)13-16-5-3-2-4-6-16/h7-12,14,16,25H,2-6,13,15H2,1H3. The quantitative estimate of drug-likeness (QED) is 0.330. The smallest absolute Gasteiger partial charge is 0.140 e. The monoisotopic (exact) mass is 398 g/mol. The molecule has 1 aliphatic carbocycles. The Labute approximate surface area is 169 Å². The third-order valence-corrected chi connectivity index (χ3v) is 6.17. The van der Waals surface area contributed by atoms with E-state index in [1.54, 1.807) is 0 Å². The summed E-state index contributed by atoms with van der Waals surface area (Å²) in [4.78, 5) is 10.6. The first-order valence-corrected chi connectivity index (χ1v) is 10.6. The Balaban J connectivity index is 1.64. The van der Waals surface area contributed by atoms with Gasteiger partial charge in [-0.25, -0.2) is 9.87 Å². The van der Waals surface area contributed by atoms with Crippen LogP contribution in [0.1, 0.15) is 37.7 Å². The average molecular weight is 399 g/mol. The molecule has 2 aromatic heterocycles. The molecule has 28 heavy (non-hydrogen) atoms. The molecule has 5 nitrogen and oxygen atoms in total. The zero-order chi connectivity index (χ0) is 19.3. The van der Waals surface area contributed by atoms with Crippen molar-refractivity contribution in [3.8, 4) is 11.3 Å². The predicted molar refractivity (Wildman–Crippen MR) is 112 cm³/mol. The van der Waals surface area contributed by atoms with Crippen molar-refractivity contribution in [1.82, 2.24) is 9.55 Å². The van der Waals surface area contributed by atoms with Gasteiger partial charge in [0.25, 0.3) is 0 Å². The minimum absolute atomic E-state index is 0.0423. The Bertz CT molecular complexity index is 917. The van der Waals surface area contributed by atoms with Crippen LogP contribution in [0.15, 0.2) is 47.5 Å². The van der Waals surface area contributed by atoms with Crippen molar-refractivity contribution >= 4 is 23.1 Å². The van der Waals surface area contributed by atoms with E-state index in [9.17, 15) is 5.11 Å². The molecule has 0 radical (unpaired) electrons. The van der Waals surface area contributed by atoms with Crippen molar-refractivity contribution in [1.29, 1.82) is 0 Å². The summed E-state index contributed by atoms with van der Waals surface area (Å²) < 4.78 is 7.15. The van der Waals surface area contributed by atoms with Crippen molar-refractivity contribution in [2.75, 3.05) is 7.11 Å². The number of benzene rings is 1. The van der Waals surface area contributed by atoms with Crippen LogP contribution < -0.4 is 0 Å². The average Bonchev–Trinajstić information content (AvgIpc) is 3.10. The van der Waals surface area contributed by atoms with Gasteiger partial charge in [0.2, 0.25) is 0 Å². The molecular formula is C22H26N2O3S. The Morgan fingerprint density at radius 3 is 2.61 bits per heavy atom. The first-order chi connectivity index (χ1) is 13.8. The number of rotatable bonds is 7. The highest BCUT2D eigenvalue weighted by molar-refractivity contribution is 7.94. The summed E-state index contributed by atoms with van der Waals surface area (Å²) >= 11 is 1.18. The van der Waals surface area contributed by atoms with Crippen molar-refractivity contribution in [2.45, 2.75) is 50.2 Å². The van der Waals surface area contributed by atoms with Crippen LogP contribution in [0.3, 0.4) is 0 Å². The highest BCUT2D eigenvalue weighted by Crippen LogP contribution is 2.30. The molecule has 4 rings (SSSR count). The molecule has 0 aliphatic heterocycles. The van der Waals surface area contributed by atoms with Crippen LogP contribution in [0, 0.1) is 5.92 Å². The zero-order valence-corrected chi connectivity index (χ0v) is 17.0. The molecule has 2 heterocycles. The molecular weight excluding hydrogens is 372 g/mol. The Hall–Kier alpha value is -1.86. The topological polar surface area (TPSA) is 56.5 Å². The highest BCUT2D eigenvalue weighted by atomic mass is 32.2. The zero-order valence-electron chi connectivity index (χ0n) is 16.1. The minimum Gasteiger partial charge on any atom is -0.392 e. The Morgan fingerprint density at radius 1 is 1.11 bits per heavy atom. The SMILES string of the molecule is COOSc1ccc(-c2ccc3c(CO)cn(CC4CCCCC4)c3n2)cc1. The van der Waals surface area contributed by atoms with E-state index in [2.05, 4.69) is 21.7 Å². The van der Waals surface area contributed by atoms with Gasteiger partial charge in [-0.2, -0.15) is 4.33 Å². The fraction of sp³-hybridized carbons (Fsp3) is 0.409. The predicted octanol–water partition coefficient (Wildman–Crippen LogP) is 5.36. The molecule has 1 aliphatic rings. The van der Waals surface area contributed by atoms with Gasteiger partial charge >= 0.3 is 0 Å². The van der Waals surface area contributed by atoms with Gasteiger partial charge < -0.3 is 9.67 Å². The molecule has 0 unspecified atom stereocenters. The van der Waals surface area contributed by atoms with Crippen LogP contribution in [0.25, 0.3) is 22.3 Å². The summed E-state index contributed by atoms with van der Waals surface area (Å²) in [7, 11) is 1.49. The van der Waals surface area contributed by atoms with E-state index >= 15 is 0 Å². The number of pyridine rings is 1. The van der Waals surface area contributed by atoms with Gasteiger partial charge in [-0.05, 0) is 43.0 Å². The fourth-order valence-corrected chi connectivity index (χ4v) is 4.46. The lowest BCUT2D eigenvalue weighted by atomic mass is 9.89. The lowest BCUT2D eigenvalue weighted by molar-refractivity contribution is -0.160. The number of aliphatic hydroxyl groups excluding tert-OH is 1. The molecule has 0 bridgehead atoms. The lowest BCUT2D eigenvalue weighted by Gasteiger charge is -2.22. The normalized spacial score (nSPS) is 15.4. The summed E-state index contributed by atoms with van der Waals surface area (Å²) in [5.74, 6) is 0.707. The molecule has 1 fully saturated rings. The van der Waals surface area contributed by atoms with Crippen LogP contribution in [0.2, 0.25) is 0 Å². The van der Waals surface area contributed by atoms with Crippen LogP contribution >= 0.6 is 12.0 Å². The van der Waals surface area contributed by atoms with Gasteiger partial charge in [0.1, 0.15) is 5.65 Å². The largest absolute Gasteiger partial charge is 0.392 e. The summed E-state index contributed by atoms with van der Waals surface area (Å²) in [6, 6.07) is 12.2. The molecule has 1 N–H and O–H groups in total. The van der Waals surface area contributed by atoms with Gasteiger partial charge in [0.15, 0.2) is 0 Å². The van der Waals surface area contributed by atoms with E-state index in [1.165, 1.54) is 51.3 Å². The Kier molecular flexibility index (Phi) is 6.32. The maximum Gasteiger partial charge on any atom is 0.140 e. The molecule has 1 saturated carbocycles. The molecule has 6 heteroatoms. The van der Waals surface area contributed by atoms with E-state index in [1.807, 2.05) is 30.3 Å². The van der Waals surface area contributed by atoms with Crippen LogP contribution in [-0.2, 0) is 22.4 Å². The number of aromatic nitrogens is 2. The number of hydrogen-bond donors (Lipinski definition) is 1. The van der Waals surface area contributed by atoms with Gasteiger partial charge in [-0.3, -0.25) is 0 Å². The summed E-state index contributed by atoms with van der Waals surface area (Å²) in [6.07, 6.45) is 8.67. The summed E-state index contributed by atoms with van der Waals surface area (Å²) in [5, 5.41) is 10.8. The first kappa shape index (κ1) is 19.5. The van der Waals surface area contributed by atoms with E-state index in [-0.39, 0.29) is 6.61 Å². The van der Waals surface area contributed by atoms with Crippen LogP contribution in [0.4, 0.5) is 0 Å². The fourth-order valence-electron chi connectivity index (χ4n) is 4.07. The molecule has 3 aromatic rings. The van der Waals surface area contributed by atoms with E-state index in [0.717, 1.165) is 39.3 Å². The summed E-state index contributed by atoms with van der Waals surface area (Å²) in [5.41, 5.74) is 3.91. The molecule has 0 atom stereocenters. The maximum atomic E-state index is 9.78. The number of hydrogen-bond acceptors (Lipinski definition) is 5. The summed E-state index contributed by atoms with van der Waals surface area (Å²) in [6.45, 7) is 1.03. The second-order valence-electron chi connectivity index (χ2n) is 7.38. The van der Waals surface area contributed by atoms with Gasteiger partial charge in [-0.1, -0.05) is 31.4 Å². The van der Waals surface area contributed by atoms with Crippen LogP contribution in [-0.4, -0.2) is 21.8 Å². The first-order valence-electron chi connectivity index (χ1n) is 9.86. The van der Waals surface area contributed by atoms with E-state index in [4.69, 9.17) is 9.32 Å². The molecule has 148 valence electrons. The minimum atomic E-state index is 0.0423. The molecule has 1 aromatic carbocycles. The van der Waals surface area contributed by atoms with E-state index in [0.29, 0.717) is 5.92 Å². The van der Waals surface area contributed by atoms with Crippen molar-refractivity contribution in [3.05, 3.63) is 48.2 Å².